The van der Waals surface area contributed by atoms with E-state index in [0.717, 1.165) is 6.07 Å². The van der Waals surface area contributed by atoms with Gasteiger partial charge in [-0.25, -0.2) is 14.4 Å². The Morgan fingerprint density at radius 3 is 2.18 bits per heavy atom. The summed E-state index contributed by atoms with van der Waals surface area (Å²) in [5, 5.41) is 3.46. The van der Waals surface area contributed by atoms with Crippen LogP contribution < -0.4 is 14.8 Å². The van der Waals surface area contributed by atoms with Crippen LogP contribution >= 0.6 is 0 Å². The van der Waals surface area contributed by atoms with Crippen molar-refractivity contribution in [3.8, 4) is 11.5 Å². The van der Waals surface area contributed by atoms with Crippen molar-refractivity contribution in [3.63, 3.8) is 0 Å². The monoisotopic (exact) mass is 483 g/mol. The van der Waals surface area contributed by atoms with Crippen molar-refractivity contribution in [2.75, 3.05) is 46.0 Å². The third-order valence-corrected chi connectivity index (χ3v) is 4.79. The van der Waals surface area contributed by atoms with Crippen LogP contribution in [-0.2, 0) is 22.2 Å². The molecule has 0 aliphatic carbocycles. The van der Waals surface area contributed by atoms with E-state index in [1.54, 1.807) is 33.3 Å². The van der Waals surface area contributed by atoms with Gasteiger partial charge in [0.05, 0.1) is 24.3 Å². The lowest BCUT2D eigenvalue weighted by Crippen LogP contribution is -2.12. The van der Waals surface area contributed by atoms with Gasteiger partial charge in [-0.15, -0.1) is 0 Å². The predicted molar refractivity (Wildman–Crippen MR) is 118 cm³/mol. The Morgan fingerprint density at radius 1 is 0.912 bits per heavy atom. The van der Waals surface area contributed by atoms with E-state index >= 15 is 0 Å². The molecule has 0 saturated carbocycles. The second-order valence-corrected chi connectivity index (χ2v) is 7.25. The molecule has 0 unspecified atom stereocenters. The summed E-state index contributed by atoms with van der Waals surface area (Å²) in [6.07, 6.45) is -4.79. The van der Waals surface area contributed by atoms with E-state index in [9.17, 15) is 17.6 Å². The minimum absolute atomic E-state index is 0.143. The molecule has 0 saturated heterocycles. The number of nitrogens with zero attached hydrogens (tertiary/aromatic N) is 2. The average Bonchev–Trinajstić information content (AvgIpc) is 2.78. The number of alkyl halides is 3. The van der Waals surface area contributed by atoms with Crippen molar-refractivity contribution in [1.82, 2.24) is 9.97 Å². The van der Waals surface area contributed by atoms with Crippen LogP contribution in [0.25, 0.3) is 10.9 Å². The molecule has 2 aromatic carbocycles. The molecule has 1 aromatic heterocycles. The largest absolute Gasteiger partial charge is 0.487 e. The minimum atomic E-state index is -4.79. The zero-order valence-corrected chi connectivity index (χ0v) is 19.0. The Balaban J connectivity index is 1.95. The summed E-state index contributed by atoms with van der Waals surface area (Å²) in [5.74, 6) is 0.250. The van der Waals surface area contributed by atoms with Gasteiger partial charge in [0.1, 0.15) is 30.7 Å². The highest BCUT2D eigenvalue weighted by Gasteiger charge is 2.34. The molecule has 11 heteroatoms. The number of methoxy groups -OCH3 is 2. The SMILES string of the molecule is COCCOc1cc2nc(C)nc(NCc3cccc(C(F)(F)F)c3F)c2cc1OCCOC. The van der Waals surface area contributed by atoms with Crippen molar-refractivity contribution in [3.05, 3.63) is 53.1 Å². The fourth-order valence-corrected chi connectivity index (χ4v) is 3.20. The molecule has 3 rings (SSSR count). The Kier molecular flexibility index (Phi) is 8.46. The number of hydrogen-bond acceptors (Lipinski definition) is 7. The maximum absolute atomic E-state index is 14.5. The highest BCUT2D eigenvalue weighted by Crippen LogP contribution is 2.36. The lowest BCUT2D eigenvalue weighted by atomic mass is 10.1. The van der Waals surface area contributed by atoms with E-state index in [2.05, 4.69) is 15.3 Å². The van der Waals surface area contributed by atoms with E-state index in [-0.39, 0.29) is 25.3 Å². The van der Waals surface area contributed by atoms with Gasteiger partial charge in [-0.3, -0.25) is 0 Å². The highest BCUT2D eigenvalue weighted by molar-refractivity contribution is 5.91. The van der Waals surface area contributed by atoms with Gasteiger partial charge in [0.15, 0.2) is 11.5 Å². The molecule has 34 heavy (non-hydrogen) atoms. The molecule has 1 N–H and O–H groups in total. The fraction of sp³-hybridized carbons (Fsp3) is 0.391. The standard InChI is InChI=1S/C23H25F4N3O4/c1-14-29-18-12-20(34-10-8-32-3)19(33-9-7-31-2)11-16(18)22(30-14)28-13-15-5-4-6-17(21(15)24)23(25,26)27/h4-6,11-12H,7-10,13H2,1-3H3,(H,28,29,30). The number of ether oxygens (including phenoxy) is 4. The lowest BCUT2D eigenvalue weighted by molar-refractivity contribution is -0.140. The van der Waals surface area contributed by atoms with Crippen molar-refractivity contribution in [1.29, 1.82) is 0 Å². The molecule has 0 radical (unpaired) electrons. The quantitative estimate of drug-likeness (QED) is 0.311. The van der Waals surface area contributed by atoms with Crippen molar-refractivity contribution in [2.45, 2.75) is 19.6 Å². The molecule has 184 valence electrons. The van der Waals surface area contributed by atoms with Crippen molar-refractivity contribution >= 4 is 16.7 Å². The summed E-state index contributed by atoms with van der Waals surface area (Å²) in [4.78, 5) is 8.77. The van der Waals surface area contributed by atoms with Gasteiger partial charge in [0.2, 0.25) is 0 Å². The molecule has 0 aliphatic heterocycles. The third-order valence-electron chi connectivity index (χ3n) is 4.79. The molecule has 0 amide bonds. The van der Waals surface area contributed by atoms with Gasteiger partial charge in [0, 0.05) is 37.8 Å². The smallest absolute Gasteiger partial charge is 0.419 e. The highest BCUT2D eigenvalue weighted by atomic mass is 19.4. The molecular formula is C23H25F4N3O4. The van der Waals surface area contributed by atoms with E-state index in [4.69, 9.17) is 18.9 Å². The van der Waals surface area contributed by atoms with Crippen LogP contribution in [-0.4, -0.2) is 50.6 Å². The number of benzene rings is 2. The van der Waals surface area contributed by atoms with Gasteiger partial charge >= 0.3 is 6.18 Å². The summed E-state index contributed by atoms with van der Waals surface area (Å²) < 4.78 is 75.2. The molecule has 0 bridgehead atoms. The number of halogens is 4. The Labute approximate surface area is 194 Å². The zero-order chi connectivity index (χ0) is 24.7. The number of fused-ring (bicyclic) bond motifs is 1. The topological polar surface area (TPSA) is 74.7 Å². The second-order valence-electron chi connectivity index (χ2n) is 7.25. The summed E-state index contributed by atoms with van der Waals surface area (Å²) in [5.41, 5.74) is -0.941. The van der Waals surface area contributed by atoms with Crippen LogP contribution in [0.1, 0.15) is 17.0 Å². The predicted octanol–water partition coefficient (Wildman–Crippen LogP) is 4.76. The molecule has 0 aliphatic rings. The molecule has 3 aromatic rings. The summed E-state index contributed by atoms with van der Waals surface area (Å²) in [6.45, 7) is 2.71. The number of aromatic nitrogens is 2. The Hall–Kier alpha value is -3.18. The van der Waals surface area contributed by atoms with Gasteiger partial charge in [-0.1, -0.05) is 12.1 Å². The van der Waals surface area contributed by atoms with E-state index in [1.807, 2.05) is 0 Å². The lowest BCUT2D eigenvalue weighted by Gasteiger charge is -2.16. The first kappa shape index (κ1) is 25.4. The van der Waals surface area contributed by atoms with E-state index in [0.29, 0.717) is 53.3 Å². The molecule has 0 spiro atoms. The maximum atomic E-state index is 14.5. The molecular weight excluding hydrogens is 458 g/mol. The summed E-state index contributed by atoms with van der Waals surface area (Å²) in [7, 11) is 3.10. The van der Waals surface area contributed by atoms with Gasteiger partial charge in [0.25, 0.3) is 0 Å². The number of hydrogen-bond donors (Lipinski definition) is 1. The van der Waals surface area contributed by atoms with Crippen LogP contribution in [0.15, 0.2) is 30.3 Å². The minimum Gasteiger partial charge on any atom is -0.487 e. The van der Waals surface area contributed by atoms with Gasteiger partial charge in [-0.2, -0.15) is 13.2 Å². The zero-order valence-electron chi connectivity index (χ0n) is 19.0. The number of rotatable bonds is 11. The van der Waals surface area contributed by atoms with E-state index in [1.165, 1.54) is 6.07 Å². The molecule has 7 nitrogen and oxygen atoms in total. The average molecular weight is 483 g/mol. The summed E-state index contributed by atoms with van der Waals surface area (Å²) >= 11 is 0. The van der Waals surface area contributed by atoms with Crippen LogP contribution in [0, 0.1) is 12.7 Å². The van der Waals surface area contributed by atoms with Crippen LogP contribution in [0.5, 0.6) is 11.5 Å². The molecule has 0 atom stereocenters. The van der Waals surface area contributed by atoms with Crippen molar-refractivity contribution in [2.24, 2.45) is 0 Å². The second kappa shape index (κ2) is 11.3. The van der Waals surface area contributed by atoms with Crippen LogP contribution in [0.2, 0.25) is 0 Å². The number of anilines is 1. The first-order valence-electron chi connectivity index (χ1n) is 10.4. The Morgan fingerprint density at radius 2 is 1.56 bits per heavy atom. The van der Waals surface area contributed by atoms with Crippen LogP contribution in [0.3, 0.4) is 0 Å². The maximum Gasteiger partial charge on any atom is 0.419 e. The normalized spacial score (nSPS) is 11.6. The number of nitrogens with one attached hydrogen (secondary N) is 1. The van der Waals surface area contributed by atoms with Crippen molar-refractivity contribution < 1.29 is 36.5 Å². The molecule has 0 fully saturated rings. The third kappa shape index (κ3) is 6.23. The summed E-state index contributed by atoms with van der Waals surface area (Å²) in [6, 6.07) is 6.50. The molecule has 1 heterocycles. The van der Waals surface area contributed by atoms with Gasteiger partial charge in [-0.05, 0) is 19.1 Å². The van der Waals surface area contributed by atoms with Gasteiger partial charge < -0.3 is 24.3 Å². The van der Waals surface area contributed by atoms with E-state index < -0.39 is 17.6 Å². The first-order chi connectivity index (χ1) is 16.2. The number of aryl methyl sites for hydroxylation is 1. The Bertz CT molecular complexity index is 1130. The first-order valence-corrected chi connectivity index (χ1v) is 10.4. The fourth-order valence-electron chi connectivity index (χ4n) is 3.20. The van der Waals surface area contributed by atoms with Crippen LogP contribution in [0.4, 0.5) is 23.4 Å².